The summed E-state index contributed by atoms with van der Waals surface area (Å²) < 4.78 is 8.65. The molecule has 0 unspecified atom stereocenters. The zero-order valence-corrected chi connectivity index (χ0v) is 25.1. The van der Waals surface area contributed by atoms with E-state index in [1.807, 2.05) is 54.6 Å². The molecule has 2 N–H and O–H groups in total. The molecule has 1 fully saturated rings. The number of ether oxygens (including phenoxy) is 1. The molecule has 0 saturated heterocycles. The second-order valence-electron chi connectivity index (χ2n) is 11.2. The Hall–Kier alpha value is -4.29. The number of rotatable bonds is 10. The van der Waals surface area contributed by atoms with Crippen LogP contribution in [0.25, 0.3) is 33.5 Å². The van der Waals surface area contributed by atoms with E-state index in [4.69, 9.17) is 21.3 Å². The third-order valence-corrected chi connectivity index (χ3v) is 8.47. The number of nitrogens with one attached hydrogen (secondary N) is 1. The van der Waals surface area contributed by atoms with Crippen LogP contribution < -0.4 is 10.1 Å². The molecule has 1 aliphatic rings. The fraction of sp³-hybridized carbons (Fsp3) is 0.278. The highest BCUT2D eigenvalue weighted by atomic mass is 35.5. The molecule has 0 bridgehead atoms. The Kier molecular flexibility index (Phi) is 8.66. The maximum atomic E-state index is 11.6. The van der Waals surface area contributed by atoms with E-state index in [1.54, 1.807) is 12.1 Å². The molecule has 6 nitrogen and oxygen atoms in total. The molecular formula is C36H36ClN3O3. The molecule has 4 aromatic carbocycles. The van der Waals surface area contributed by atoms with Gasteiger partial charge in [0.05, 0.1) is 16.6 Å². The van der Waals surface area contributed by atoms with E-state index in [0.717, 1.165) is 70.8 Å². The Labute approximate surface area is 257 Å². The van der Waals surface area contributed by atoms with Gasteiger partial charge in [-0.05, 0) is 103 Å². The Morgan fingerprint density at radius 1 is 0.953 bits per heavy atom. The van der Waals surface area contributed by atoms with Gasteiger partial charge in [0.25, 0.3) is 0 Å². The van der Waals surface area contributed by atoms with Crippen LogP contribution in [-0.4, -0.2) is 27.2 Å². The first kappa shape index (κ1) is 28.8. The number of carbonyl (C=O) groups is 1. The summed E-state index contributed by atoms with van der Waals surface area (Å²) in [7, 11) is 0. The first-order valence-corrected chi connectivity index (χ1v) is 15.5. The van der Waals surface area contributed by atoms with Gasteiger partial charge in [0.2, 0.25) is 0 Å². The molecule has 1 aromatic heterocycles. The lowest BCUT2D eigenvalue weighted by Gasteiger charge is -2.25. The minimum absolute atomic E-state index is 0.253. The van der Waals surface area contributed by atoms with Crippen molar-refractivity contribution in [3.8, 4) is 28.3 Å². The second-order valence-corrected chi connectivity index (χ2v) is 11.7. The van der Waals surface area contributed by atoms with Gasteiger partial charge in [-0.1, -0.05) is 56.0 Å². The van der Waals surface area contributed by atoms with Gasteiger partial charge in [-0.25, -0.2) is 9.78 Å². The molecule has 0 spiro atoms. The van der Waals surface area contributed by atoms with Crippen LogP contribution in [0.3, 0.4) is 0 Å². The maximum Gasteiger partial charge on any atom is 0.335 e. The molecule has 220 valence electrons. The van der Waals surface area contributed by atoms with Crippen molar-refractivity contribution >= 4 is 34.3 Å². The van der Waals surface area contributed by atoms with Crippen LogP contribution in [0.1, 0.15) is 67.4 Å². The number of anilines is 1. The predicted molar refractivity (Wildman–Crippen MR) is 174 cm³/mol. The van der Waals surface area contributed by atoms with Gasteiger partial charge >= 0.3 is 5.97 Å². The minimum atomic E-state index is -0.942. The number of hydrogen-bond donors (Lipinski definition) is 2. The van der Waals surface area contributed by atoms with Gasteiger partial charge in [-0.3, -0.25) is 0 Å². The second kappa shape index (κ2) is 12.9. The lowest BCUT2D eigenvalue weighted by Crippen LogP contribution is -2.14. The van der Waals surface area contributed by atoms with Gasteiger partial charge in [0.15, 0.2) is 0 Å². The van der Waals surface area contributed by atoms with E-state index < -0.39 is 5.97 Å². The first-order chi connectivity index (χ1) is 21.0. The molecule has 7 heteroatoms. The number of halogens is 1. The van der Waals surface area contributed by atoms with Gasteiger partial charge < -0.3 is 19.7 Å². The Morgan fingerprint density at radius 3 is 2.42 bits per heavy atom. The minimum Gasteiger partial charge on any atom is -0.489 e. The molecule has 43 heavy (non-hydrogen) atoms. The summed E-state index contributed by atoms with van der Waals surface area (Å²) in [5.41, 5.74) is 7.29. The highest BCUT2D eigenvalue weighted by Gasteiger charge is 2.23. The van der Waals surface area contributed by atoms with Crippen LogP contribution in [0.15, 0.2) is 84.9 Å². The van der Waals surface area contributed by atoms with Crippen molar-refractivity contribution in [1.29, 1.82) is 0 Å². The van der Waals surface area contributed by atoms with Crippen molar-refractivity contribution in [2.75, 3.05) is 11.9 Å². The summed E-state index contributed by atoms with van der Waals surface area (Å²) in [6, 6.07) is 28.0. The third kappa shape index (κ3) is 6.40. The van der Waals surface area contributed by atoms with E-state index in [0.29, 0.717) is 23.2 Å². The molecule has 1 saturated carbocycles. The van der Waals surface area contributed by atoms with Crippen molar-refractivity contribution < 1.29 is 14.6 Å². The number of carboxylic acids is 1. The number of imidazole rings is 1. The lowest BCUT2D eigenvalue weighted by atomic mass is 9.95. The molecule has 5 aromatic rings. The Morgan fingerprint density at radius 2 is 1.70 bits per heavy atom. The number of aromatic nitrogens is 2. The Bertz CT molecular complexity index is 1720. The highest BCUT2D eigenvalue weighted by molar-refractivity contribution is 6.30. The average Bonchev–Trinajstić information content (AvgIpc) is 3.43. The molecule has 0 aliphatic heterocycles. The van der Waals surface area contributed by atoms with E-state index >= 15 is 0 Å². The summed E-state index contributed by atoms with van der Waals surface area (Å²) >= 11 is 6.15. The van der Waals surface area contributed by atoms with Crippen LogP contribution >= 0.6 is 11.6 Å². The summed E-state index contributed by atoms with van der Waals surface area (Å²) in [4.78, 5) is 16.6. The van der Waals surface area contributed by atoms with Gasteiger partial charge in [-0.15, -0.1) is 0 Å². The van der Waals surface area contributed by atoms with Gasteiger partial charge in [0, 0.05) is 28.9 Å². The number of fused-ring (bicyclic) bond motifs is 1. The van der Waals surface area contributed by atoms with Crippen LogP contribution in [-0.2, 0) is 6.61 Å². The van der Waals surface area contributed by atoms with Crippen molar-refractivity contribution in [3.05, 3.63) is 101 Å². The summed E-state index contributed by atoms with van der Waals surface area (Å²) in [5.74, 6) is 0.699. The predicted octanol–water partition coefficient (Wildman–Crippen LogP) is 9.63. The quantitative estimate of drug-likeness (QED) is 0.169. The topological polar surface area (TPSA) is 76.4 Å². The average molecular weight is 594 g/mol. The summed E-state index contributed by atoms with van der Waals surface area (Å²) in [5, 5.41) is 13.7. The van der Waals surface area contributed by atoms with Crippen molar-refractivity contribution in [2.45, 2.75) is 58.1 Å². The standard InChI is InChI=1S/C36H36ClN3O3/c1-2-20-38-29-15-18-32(24-8-13-28(37)14-9-24)27(21-29)23-43-31-16-10-25(11-17-31)35-39-33-22-26(36(41)42)12-19-34(33)40(35)30-6-4-3-5-7-30/h8-19,21-22,30,38H,2-7,20,23H2,1H3,(H,41,42). The number of aromatic carboxylic acids is 1. The van der Waals surface area contributed by atoms with E-state index in [2.05, 4.69) is 35.0 Å². The largest absolute Gasteiger partial charge is 0.489 e. The molecular weight excluding hydrogens is 558 g/mol. The molecule has 0 amide bonds. The molecule has 0 radical (unpaired) electrons. The number of carboxylic acid groups (broad SMARTS) is 1. The SMILES string of the molecule is CCCNc1ccc(-c2ccc(Cl)cc2)c(COc2ccc(-c3nc4cc(C(=O)O)ccc4n3C3CCCCC3)cc2)c1. The smallest absolute Gasteiger partial charge is 0.335 e. The summed E-state index contributed by atoms with van der Waals surface area (Å²) in [6.07, 6.45) is 6.89. The zero-order valence-electron chi connectivity index (χ0n) is 24.4. The van der Waals surface area contributed by atoms with Crippen LogP contribution in [0, 0.1) is 0 Å². The van der Waals surface area contributed by atoms with Crippen molar-refractivity contribution in [2.24, 2.45) is 0 Å². The Balaban J connectivity index is 1.28. The maximum absolute atomic E-state index is 11.6. The van der Waals surface area contributed by atoms with E-state index in [9.17, 15) is 9.90 Å². The van der Waals surface area contributed by atoms with Gasteiger partial charge in [0.1, 0.15) is 18.2 Å². The molecule has 0 atom stereocenters. The first-order valence-electron chi connectivity index (χ1n) is 15.1. The highest BCUT2D eigenvalue weighted by Crippen LogP contribution is 2.37. The fourth-order valence-corrected chi connectivity index (χ4v) is 6.14. The molecule has 1 heterocycles. The van der Waals surface area contributed by atoms with E-state index in [1.165, 1.54) is 19.3 Å². The normalized spacial score (nSPS) is 13.7. The van der Waals surface area contributed by atoms with Crippen LogP contribution in [0.5, 0.6) is 5.75 Å². The van der Waals surface area contributed by atoms with Crippen LogP contribution in [0.2, 0.25) is 5.02 Å². The summed E-state index contributed by atoms with van der Waals surface area (Å²) in [6.45, 7) is 3.48. The number of nitrogens with zero attached hydrogens (tertiary/aromatic N) is 2. The lowest BCUT2D eigenvalue weighted by molar-refractivity contribution is 0.0697. The van der Waals surface area contributed by atoms with Gasteiger partial charge in [-0.2, -0.15) is 0 Å². The fourth-order valence-electron chi connectivity index (χ4n) is 6.01. The van der Waals surface area contributed by atoms with Crippen molar-refractivity contribution in [3.63, 3.8) is 0 Å². The monoisotopic (exact) mass is 593 g/mol. The molecule has 1 aliphatic carbocycles. The third-order valence-electron chi connectivity index (χ3n) is 8.22. The number of hydrogen-bond acceptors (Lipinski definition) is 4. The zero-order chi connectivity index (χ0) is 29.8. The van der Waals surface area contributed by atoms with Crippen LogP contribution in [0.4, 0.5) is 5.69 Å². The number of benzene rings is 4. The van der Waals surface area contributed by atoms with Crippen molar-refractivity contribution in [1.82, 2.24) is 9.55 Å². The molecule has 6 rings (SSSR count). The van der Waals surface area contributed by atoms with E-state index in [-0.39, 0.29) is 5.56 Å².